The van der Waals surface area contributed by atoms with Crippen molar-refractivity contribution in [3.05, 3.63) is 69.7 Å². The molecule has 0 aliphatic carbocycles. The summed E-state index contributed by atoms with van der Waals surface area (Å²) in [6.07, 6.45) is 0.929. The molecule has 1 aromatic heterocycles. The van der Waals surface area contributed by atoms with Gasteiger partial charge in [0.2, 0.25) is 11.8 Å². The Balaban J connectivity index is 1.71. The maximum absolute atomic E-state index is 13.0. The van der Waals surface area contributed by atoms with E-state index in [0.29, 0.717) is 40.4 Å². The Morgan fingerprint density at radius 1 is 1.09 bits per heavy atom. The van der Waals surface area contributed by atoms with E-state index in [1.54, 1.807) is 35.2 Å². The highest BCUT2D eigenvalue weighted by Gasteiger charge is 2.20. The standard InChI is InChI=1S/C25H26ClN5O3/c1-2-14-30(17-22-28-21-16-18(26)9-10-20(21)25(34)29-22)23(32)11-12-24(33)31(15-6-13-27)19-7-4-3-5-8-19/h3-5,7-10,16H,2,6,11-12,14-15,17H2,1H3,(H,28,29,34). The Hall–Kier alpha value is -3.70. The van der Waals surface area contributed by atoms with E-state index >= 15 is 0 Å². The van der Waals surface area contributed by atoms with Crippen molar-refractivity contribution in [2.24, 2.45) is 0 Å². The molecule has 0 bridgehead atoms. The lowest BCUT2D eigenvalue weighted by molar-refractivity contribution is -0.133. The van der Waals surface area contributed by atoms with Gasteiger partial charge in [0.15, 0.2) is 0 Å². The first-order valence-corrected chi connectivity index (χ1v) is 11.5. The second kappa shape index (κ2) is 12.0. The van der Waals surface area contributed by atoms with Gasteiger partial charge in [0.05, 0.1) is 29.9 Å². The SMILES string of the molecule is CCCN(Cc1nc2cc(Cl)ccc2c(=O)[nH]1)C(=O)CCC(=O)N(CCC#N)c1ccccc1. The second-order valence-corrected chi connectivity index (χ2v) is 8.21. The minimum absolute atomic E-state index is 0.0106. The number of halogens is 1. The van der Waals surface area contributed by atoms with Crippen molar-refractivity contribution >= 4 is 40.0 Å². The molecule has 3 aromatic rings. The van der Waals surface area contributed by atoms with E-state index in [0.717, 1.165) is 0 Å². The number of anilines is 1. The summed E-state index contributed by atoms with van der Waals surface area (Å²) in [6.45, 7) is 2.79. The number of hydrogen-bond acceptors (Lipinski definition) is 5. The summed E-state index contributed by atoms with van der Waals surface area (Å²) in [7, 11) is 0. The van der Waals surface area contributed by atoms with Gasteiger partial charge in [0, 0.05) is 36.6 Å². The lowest BCUT2D eigenvalue weighted by atomic mass is 10.2. The Morgan fingerprint density at radius 3 is 2.53 bits per heavy atom. The minimum atomic E-state index is -0.299. The number of H-pyrrole nitrogens is 1. The number of aromatic nitrogens is 2. The summed E-state index contributed by atoms with van der Waals surface area (Å²) < 4.78 is 0. The number of aromatic amines is 1. The minimum Gasteiger partial charge on any atom is -0.335 e. The maximum atomic E-state index is 13.0. The van der Waals surface area contributed by atoms with Crippen molar-refractivity contribution in [3.8, 4) is 6.07 Å². The molecular formula is C25H26ClN5O3. The third-order valence-electron chi connectivity index (χ3n) is 5.27. The van der Waals surface area contributed by atoms with Crippen molar-refractivity contribution in [2.45, 2.75) is 39.2 Å². The molecule has 0 saturated carbocycles. The summed E-state index contributed by atoms with van der Waals surface area (Å²) in [5.74, 6) is -0.0803. The Kier molecular flexibility index (Phi) is 8.77. The molecule has 9 heteroatoms. The summed E-state index contributed by atoms with van der Waals surface area (Å²) in [5, 5.41) is 9.84. The first-order chi connectivity index (χ1) is 16.4. The number of fused-ring (bicyclic) bond motifs is 1. The first-order valence-electron chi connectivity index (χ1n) is 11.1. The van der Waals surface area contributed by atoms with Crippen molar-refractivity contribution in [3.63, 3.8) is 0 Å². The Morgan fingerprint density at radius 2 is 1.82 bits per heavy atom. The summed E-state index contributed by atoms with van der Waals surface area (Å²) in [4.78, 5) is 48.6. The van der Waals surface area contributed by atoms with E-state index in [1.807, 2.05) is 25.1 Å². The largest absolute Gasteiger partial charge is 0.335 e. The van der Waals surface area contributed by atoms with Crippen molar-refractivity contribution < 1.29 is 9.59 Å². The van der Waals surface area contributed by atoms with Crippen molar-refractivity contribution in [2.75, 3.05) is 18.0 Å². The molecular weight excluding hydrogens is 454 g/mol. The maximum Gasteiger partial charge on any atom is 0.258 e. The molecule has 0 fully saturated rings. The molecule has 0 aliphatic heterocycles. The normalized spacial score (nSPS) is 10.6. The van der Waals surface area contributed by atoms with Gasteiger partial charge >= 0.3 is 0 Å². The van der Waals surface area contributed by atoms with Crippen LogP contribution in [0.1, 0.15) is 38.4 Å². The van der Waals surface area contributed by atoms with Gasteiger partial charge in [-0.15, -0.1) is 0 Å². The molecule has 0 unspecified atom stereocenters. The predicted molar refractivity (Wildman–Crippen MR) is 131 cm³/mol. The third-order valence-corrected chi connectivity index (χ3v) is 5.51. The number of carbonyl (C=O) groups excluding carboxylic acids is 2. The monoisotopic (exact) mass is 479 g/mol. The highest BCUT2D eigenvalue weighted by molar-refractivity contribution is 6.31. The van der Waals surface area contributed by atoms with Crippen LogP contribution in [0.15, 0.2) is 53.3 Å². The predicted octanol–water partition coefficient (Wildman–Crippen LogP) is 4.04. The van der Waals surface area contributed by atoms with E-state index in [4.69, 9.17) is 16.9 Å². The molecule has 8 nitrogen and oxygen atoms in total. The molecule has 2 amide bonds. The molecule has 0 atom stereocenters. The molecule has 1 heterocycles. The molecule has 0 radical (unpaired) electrons. The summed E-state index contributed by atoms with van der Waals surface area (Å²) >= 11 is 6.03. The number of nitrogens with one attached hydrogen (secondary N) is 1. The molecule has 3 rings (SSSR count). The summed E-state index contributed by atoms with van der Waals surface area (Å²) in [5.41, 5.74) is 0.852. The zero-order chi connectivity index (χ0) is 24.5. The molecule has 0 spiro atoms. The van der Waals surface area contributed by atoms with Gasteiger partial charge in [-0.05, 0) is 36.8 Å². The smallest absolute Gasteiger partial charge is 0.258 e. The van der Waals surface area contributed by atoms with Crippen LogP contribution < -0.4 is 10.5 Å². The van der Waals surface area contributed by atoms with Gasteiger partial charge in [-0.1, -0.05) is 36.7 Å². The Bertz CT molecular complexity index is 1250. The number of para-hydroxylation sites is 1. The van der Waals surface area contributed by atoms with Gasteiger partial charge in [0.25, 0.3) is 5.56 Å². The Labute approximate surface area is 202 Å². The van der Waals surface area contributed by atoms with E-state index in [-0.39, 0.29) is 49.7 Å². The van der Waals surface area contributed by atoms with E-state index < -0.39 is 0 Å². The molecule has 176 valence electrons. The lowest BCUT2D eigenvalue weighted by Gasteiger charge is -2.24. The number of carbonyl (C=O) groups is 2. The van der Waals surface area contributed by atoms with Crippen LogP contribution in [0.4, 0.5) is 5.69 Å². The number of amides is 2. The number of rotatable bonds is 10. The fourth-order valence-electron chi connectivity index (χ4n) is 3.65. The zero-order valence-electron chi connectivity index (χ0n) is 19.0. The molecule has 0 saturated heterocycles. The van der Waals surface area contributed by atoms with Crippen molar-refractivity contribution in [1.29, 1.82) is 5.26 Å². The highest BCUT2D eigenvalue weighted by Crippen LogP contribution is 2.17. The fraction of sp³-hybridized carbons (Fsp3) is 0.320. The van der Waals surface area contributed by atoms with Gasteiger partial charge in [-0.3, -0.25) is 14.4 Å². The molecule has 34 heavy (non-hydrogen) atoms. The van der Waals surface area contributed by atoms with Gasteiger partial charge in [0.1, 0.15) is 5.82 Å². The van der Waals surface area contributed by atoms with E-state index in [9.17, 15) is 14.4 Å². The second-order valence-electron chi connectivity index (χ2n) is 7.78. The molecule has 2 aromatic carbocycles. The van der Waals surface area contributed by atoms with Crippen LogP contribution in [0, 0.1) is 11.3 Å². The highest BCUT2D eigenvalue weighted by atomic mass is 35.5. The van der Waals surface area contributed by atoms with Crippen LogP contribution in [0.25, 0.3) is 10.9 Å². The molecule has 0 aliphatic rings. The first kappa shape index (κ1) is 24.9. The van der Waals surface area contributed by atoms with Crippen LogP contribution in [0.5, 0.6) is 0 Å². The number of nitrogens with zero attached hydrogens (tertiary/aromatic N) is 4. The number of nitriles is 1. The van der Waals surface area contributed by atoms with Gasteiger partial charge in [-0.25, -0.2) is 4.98 Å². The van der Waals surface area contributed by atoms with Crippen LogP contribution in [0.2, 0.25) is 5.02 Å². The average molecular weight is 480 g/mol. The fourth-order valence-corrected chi connectivity index (χ4v) is 3.82. The summed E-state index contributed by atoms with van der Waals surface area (Å²) in [6, 6.07) is 16.0. The van der Waals surface area contributed by atoms with E-state index in [1.165, 1.54) is 4.90 Å². The third kappa shape index (κ3) is 6.42. The number of benzene rings is 2. The topological polar surface area (TPSA) is 110 Å². The van der Waals surface area contributed by atoms with Crippen LogP contribution in [-0.2, 0) is 16.1 Å². The average Bonchev–Trinajstić information content (AvgIpc) is 2.83. The van der Waals surface area contributed by atoms with E-state index in [2.05, 4.69) is 16.0 Å². The number of hydrogen-bond donors (Lipinski definition) is 1. The van der Waals surface area contributed by atoms with Crippen molar-refractivity contribution in [1.82, 2.24) is 14.9 Å². The van der Waals surface area contributed by atoms with Crippen LogP contribution in [-0.4, -0.2) is 39.8 Å². The lowest BCUT2D eigenvalue weighted by Crippen LogP contribution is -2.35. The van der Waals surface area contributed by atoms with Crippen LogP contribution >= 0.6 is 11.6 Å². The molecule has 1 N–H and O–H groups in total. The van der Waals surface area contributed by atoms with Crippen LogP contribution in [0.3, 0.4) is 0 Å². The van der Waals surface area contributed by atoms with Gasteiger partial charge in [-0.2, -0.15) is 5.26 Å². The quantitative estimate of drug-likeness (QED) is 0.471. The zero-order valence-corrected chi connectivity index (χ0v) is 19.7. The van der Waals surface area contributed by atoms with Gasteiger partial charge < -0.3 is 14.8 Å².